The lowest BCUT2D eigenvalue weighted by Crippen LogP contribution is -2.23. The summed E-state index contributed by atoms with van der Waals surface area (Å²) in [7, 11) is 0. The van der Waals surface area contributed by atoms with Crippen molar-refractivity contribution in [3.8, 4) is 11.5 Å². The summed E-state index contributed by atoms with van der Waals surface area (Å²) in [6, 6.07) is 15.6. The van der Waals surface area contributed by atoms with Gasteiger partial charge in [0, 0.05) is 18.4 Å². The summed E-state index contributed by atoms with van der Waals surface area (Å²) >= 11 is 0. The largest absolute Gasteiger partial charge is 0.493 e. The van der Waals surface area contributed by atoms with Crippen LogP contribution in [0, 0.1) is 5.92 Å². The van der Waals surface area contributed by atoms with Crippen molar-refractivity contribution < 1.29 is 18.7 Å². The zero-order valence-corrected chi connectivity index (χ0v) is 16.2. The van der Waals surface area contributed by atoms with E-state index in [4.69, 9.17) is 13.9 Å². The quantitative estimate of drug-likeness (QED) is 0.598. The van der Waals surface area contributed by atoms with Gasteiger partial charge >= 0.3 is 0 Å². The topological polar surface area (TPSA) is 60.7 Å². The van der Waals surface area contributed by atoms with Crippen LogP contribution in [0.25, 0.3) is 11.0 Å². The summed E-state index contributed by atoms with van der Waals surface area (Å²) < 4.78 is 17.6. The highest BCUT2D eigenvalue weighted by Crippen LogP contribution is 2.30. The van der Waals surface area contributed by atoms with Crippen molar-refractivity contribution in [1.82, 2.24) is 5.32 Å². The molecule has 2 aromatic carbocycles. The molecule has 0 spiro atoms. The van der Waals surface area contributed by atoms with E-state index in [2.05, 4.69) is 5.32 Å². The lowest BCUT2D eigenvalue weighted by Gasteiger charge is -2.09. The highest BCUT2D eigenvalue weighted by atomic mass is 16.5. The Morgan fingerprint density at radius 2 is 1.86 bits per heavy atom. The molecule has 0 saturated heterocycles. The molecule has 1 aliphatic carbocycles. The van der Waals surface area contributed by atoms with Gasteiger partial charge in [-0.1, -0.05) is 12.1 Å². The number of hydrogen-bond acceptors (Lipinski definition) is 4. The first-order valence-electron chi connectivity index (χ1n) is 9.72. The molecule has 28 heavy (non-hydrogen) atoms. The third-order valence-electron chi connectivity index (χ3n) is 4.87. The number of carbonyl (C=O) groups excluding carboxylic acids is 1. The number of nitrogens with one attached hydrogen (secondary N) is 1. The van der Waals surface area contributed by atoms with Gasteiger partial charge in [-0.3, -0.25) is 4.79 Å². The lowest BCUT2D eigenvalue weighted by molar-refractivity contribution is -0.119. The minimum absolute atomic E-state index is 0.0825. The second kappa shape index (κ2) is 7.97. The van der Waals surface area contributed by atoms with Gasteiger partial charge < -0.3 is 19.2 Å². The van der Waals surface area contributed by atoms with E-state index in [1.54, 1.807) is 0 Å². The van der Waals surface area contributed by atoms with Crippen LogP contribution in [0.2, 0.25) is 0 Å². The fourth-order valence-corrected chi connectivity index (χ4v) is 3.06. The monoisotopic (exact) mass is 379 g/mol. The third-order valence-corrected chi connectivity index (χ3v) is 4.87. The minimum atomic E-state index is -0.171. The van der Waals surface area contributed by atoms with E-state index in [1.807, 2.05) is 55.5 Å². The van der Waals surface area contributed by atoms with E-state index >= 15 is 0 Å². The molecule has 0 radical (unpaired) electrons. The van der Waals surface area contributed by atoms with Gasteiger partial charge in [-0.2, -0.15) is 0 Å². The van der Waals surface area contributed by atoms with Crippen LogP contribution in [0.5, 0.6) is 11.5 Å². The van der Waals surface area contributed by atoms with E-state index in [0.717, 1.165) is 46.3 Å². The van der Waals surface area contributed by atoms with E-state index in [9.17, 15) is 4.79 Å². The standard InChI is InChI=1S/C23H25NO4/c1-15(24-16(2)25)22-11-19-7-10-21(12-23(19)28-22)27-14-18-5-8-20(9-6-18)26-13-17-3-4-17/h5-12,15,17H,3-4,13-14H2,1-2H3,(H,24,25). The number of rotatable bonds is 8. The number of ether oxygens (including phenoxy) is 2. The van der Waals surface area contributed by atoms with Crippen LogP contribution in [0.15, 0.2) is 52.9 Å². The lowest BCUT2D eigenvalue weighted by atomic mass is 10.2. The molecule has 1 saturated carbocycles. The normalized spacial score (nSPS) is 14.6. The van der Waals surface area contributed by atoms with Crippen LogP contribution in [0.3, 0.4) is 0 Å². The van der Waals surface area contributed by atoms with Gasteiger partial charge in [-0.05, 0) is 61.6 Å². The molecule has 1 aliphatic rings. The van der Waals surface area contributed by atoms with Crippen LogP contribution in [-0.2, 0) is 11.4 Å². The Bertz CT molecular complexity index is 956. The summed E-state index contributed by atoms with van der Waals surface area (Å²) in [6.07, 6.45) is 2.58. The predicted octanol–water partition coefficient (Wildman–Crippen LogP) is 5.00. The Balaban J connectivity index is 1.36. The maximum atomic E-state index is 11.2. The Kier molecular flexibility index (Phi) is 5.24. The molecule has 1 unspecified atom stereocenters. The van der Waals surface area contributed by atoms with Crippen molar-refractivity contribution in [3.63, 3.8) is 0 Å². The molecule has 1 heterocycles. The van der Waals surface area contributed by atoms with Gasteiger partial charge in [0.05, 0.1) is 12.6 Å². The Morgan fingerprint density at radius 1 is 1.11 bits per heavy atom. The van der Waals surface area contributed by atoms with E-state index in [0.29, 0.717) is 6.61 Å². The summed E-state index contributed by atoms with van der Waals surface area (Å²) in [5.74, 6) is 3.05. The molecule has 5 nitrogen and oxygen atoms in total. The molecule has 0 aliphatic heterocycles. The predicted molar refractivity (Wildman–Crippen MR) is 107 cm³/mol. The van der Waals surface area contributed by atoms with Crippen LogP contribution in [-0.4, -0.2) is 12.5 Å². The van der Waals surface area contributed by atoms with E-state index < -0.39 is 0 Å². The molecule has 1 N–H and O–H groups in total. The van der Waals surface area contributed by atoms with Crippen molar-refractivity contribution in [1.29, 1.82) is 0 Å². The molecular weight excluding hydrogens is 354 g/mol. The first-order valence-corrected chi connectivity index (χ1v) is 9.72. The maximum absolute atomic E-state index is 11.2. The molecule has 146 valence electrons. The summed E-state index contributed by atoms with van der Waals surface area (Å²) in [5, 5.41) is 3.81. The average molecular weight is 379 g/mol. The molecule has 1 amide bonds. The van der Waals surface area contributed by atoms with E-state index in [1.165, 1.54) is 19.8 Å². The van der Waals surface area contributed by atoms with Gasteiger partial charge in [-0.15, -0.1) is 0 Å². The summed E-state index contributed by atoms with van der Waals surface area (Å²) in [6.45, 7) is 4.69. The van der Waals surface area contributed by atoms with Gasteiger partial charge in [0.15, 0.2) is 0 Å². The minimum Gasteiger partial charge on any atom is -0.493 e. The third kappa shape index (κ3) is 4.66. The first-order chi connectivity index (χ1) is 13.6. The number of benzene rings is 2. The fraction of sp³-hybridized carbons (Fsp3) is 0.348. The number of amides is 1. The number of carbonyl (C=O) groups is 1. The molecule has 1 atom stereocenters. The summed E-state index contributed by atoms with van der Waals surface area (Å²) in [5.41, 5.74) is 1.83. The molecule has 0 bridgehead atoms. The maximum Gasteiger partial charge on any atom is 0.217 e. The second-order valence-corrected chi connectivity index (χ2v) is 7.46. The Hall–Kier alpha value is -2.95. The molecule has 1 fully saturated rings. The first kappa shape index (κ1) is 18.4. The Labute approximate surface area is 164 Å². The average Bonchev–Trinajstić information content (AvgIpc) is 3.41. The van der Waals surface area contributed by atoms with Crippen molar-refractivity contribution in [2.75, 3.05) is 6.61 Å². The molecule has 1 aromatic heterocycles. The molecule has 4 rings (SSSR count). The van der Waals surface area contributed by atoms with Crippen molar-refractivity contribution in [2.24, 2.45) is 5.92 Å². The smallest absolute Gasteiger partial charge is 0.217 e. The van der Waals surface area contributed by atoms with Crippen LogP contribution < -0.4 is 14.8 Å². The number of hydrogen-bond donors (Lipinski definition) is 1. The van der Waals surface area contributed by atoms with Gasteiger partial charge in [0.1, 0.15) is 29.4 Å². The van der Waals surface area contributed by atoms with Crippen molar-refractivity contribution in [3.05, 3.63) is 59.9 Å². The second-order valence-electron chi connectivity index (χ2n) is 7.46. The van der Waals surface area contributed by atoms with Gasteiger partial charge in [-0.25, -0.2) is 0 Å². The highest BCUT2D eigenvalue weighted by molar-refractivity contribution is 5.80. The van der Waals surface area contributed by atoms with Gasteiger partial charge in [0.25, 0.3) is 0 Å². The molecule has 5 heteroatoms. The fourth-order valence-electron chi connectivity index (χ4n) is 3.06. The van der Waals surface area contributed by atoms with Crippen LogP contribution >= 0.6 is 0 Å². The number of furan rings is 1. The zero-order valence-electron chi connectivity index (χ0n) is 16.2. The number of fused-ring (bicyclic) bond motifs is 1. The SMILES string of the molecule is CC(=O)NC(C)c1cc2ccc(OCc3ccc(OCC4CC4)cc3)cc2o1. The van der Waals surface area contributed by atoms with Crippen molar-refractivity contribution >= 4 is 16.9 Å². The highest BCUT2D eigenvalue weighted by Gasteiger charge is 2.21. The molecular formula is C23H25NO4. The van der Waals surface area contributed by atoms with Crippen LogP contribution in [0.4, 0.5) is 0 Å². The van der Waals surface area contributed by atoms with Gasteiger partial charge in [0.2, 0.25) is 5.91 Å². The molecule has 3 aromatic rings. The van der Waals surface area contributed by atoms with E-state index in [-0.39, 0.29) is 11.9 Å². The van der Waals surface area contributed by atoms with Crippen LogP contribution in [0.1, 0.15) is 44.1 Å². The van der Waals surface area contributed by atoms with Crippen molar-refractivity contribution in [2.45, 2.75) is 39.3 Å². The Morgan fingerprint density at radius 3 is 2.57 bits per heavy atom. The zero-order chi connectivity index (χ0) is 19.5. The summed E-state index contributed by atoms with van der Waals surface area (Å²) in [4.78, 5) is 11.2.